The Bertz CT molecular complexity index is 710. The number of aromatic nitrogens is 2. The first-order valence-corrected chi connectivity index (χ1v) is 8.41. The Balaban J connectivity index is 1.95. The van der Waals surface area contributed by atoms with Gasteiger partial charge in [0.05, 0.1) is 18.8 Å². The standard InChI is InChI=1S/C15H18ClN3O2S/c1-9-12(14(16)18(2)17-9)10-5-4-7-19(10)15(20)13-11(21-3)6-8-22-13/h6,8,10H,4-5,7H2,1-3H3/t10-/m1/s1. The molecule has 2 aromatic rings. The molecule has 118 valence electrons. The number of amides is 1. The van der Waals surface area contributed by atoms with Crippen LogP contribution in [0.3, 0.4) is 0 Å². The normalized spacial score (nSPS) is 18.0. The smallest absolute Gasteiger partial charge is 0.268 e. The lowest BCUT2D eigenvalue weighted by Gasteiger charge is -2.24. The summed E-state index contributed by atoms with van der Waals surface area (Å²) in [5, 5.41) is 6.86. The highest BCUT2D eigenvalue weighted by molar-refractivity contribution is 7.12. The number of methoxy groups -OCH3 is 1. The first-order valence-electron chi connectivity index (χ1n) is 7.16. The zero-order valence-electron chi connectivity index (χ0n) is 12.8. The van der Waals surface area contributed by atoms with Gasteiger partial charge < -0.3 is 9.64 Å². The minimum Gasteiger partial charge on any atom is -0.495 e. The number of carbonyl (C=O) groups excluding carboxylic acids is 1. The van der Waals surface area contributed by atoms with Gasteiger partial charge in [-0.05, 0) is 31.2 Å². The van der Waals surface area contributed by atoms with Crippen LogP contribution in [0.2, 0.25) is 5.15 Å². The van der Waals surface area contributed by atoms with Crippen molar-refractivity contribution in [3.8, 4) is 5.75 Å². The van der Waals surface area contributed by atoms with Crippen LogP contribution in [0.4, 0.5) is 0 Å². The van der Waals surface area contributed by atoms with Gasteiger partial charge in [-0.2, -0.15) is 5.10 Å². The predicted molar refractivity (Wildman–Crippen MR) is 86.8 cm³/mol. The Morgan fingerprint density at radius 1 is 1.55 bits per heavy atom. The quantitative estimate of drug-likeness (QED) is 0.860. The summed E-state index contributed by atoms with van der Waals surface area (Å²) in [5.74, 6) is 0.642. The molecule has 0 aromatic carbocycles. The predicted octanol–water partition coefficient (Wildman–Crippen LogP) is 3.43. The van der Waals surface area contributed by atoms with Gasteiger partial charge in [-0.15, -0.1) is 11.3 Å². The van der Waals surface area contributed by atoms with Gasteiger partial charge in [-0.25, -0.2) is 0 Å². The number of likely N-dealkylation sites (tertiary alicyclic amines) is 1. The third kappa shape index (κ3) is 2.40. The molecule has 1 saturated heterocycles. The van der Waals surface area contributed by atoms with Crippen molar-refractivity contribution >= 4 is 28.8 Å². The number of hydrogen-bond donors (Lipinski definition) is 0. The van der Waals surface area contributed by atoms with E-state index < -0.39 is 0 Å². The molecule has 0 spiro atoms. The van der Waals surface area contributed by atoms with Crippen molar-refractivity contribution in [1.29, 1.82) is 0 Å². The summed E-state index contributed by atoms with van der Waals surface area (Å²) in [5.41, 5.74) is 1.85. The Morgan fingerprint density at radius 2 is 2.32 bits per heavy atom. The lowest BCUT2D eigenvalue weighted by molar-refractivity contribution is 0.0737. The molecule has 1 atom stereocenters. The molecule has 0 radical (unpaired) electrons. The first kappa shape index (κ1) is 15.4. The van der Waals surface area contributed by atoms with E-state index in [4.69, 9.17) is 16.3 Å². The summed E-state index contributed by atoms with van der Waals surface area (Å²) < 4.78 is 6.94. The number of aryl methyl sites for hydroxylation is 2. The summed E-state index contributed by atoms with van der Waals surface area (Å²) in [6.45, 7) is 2.67. The fourth-order valence-corrected chi connectivity index (χ4v) is 4.19. The molecule has 1 aliphatic rings. The third-order valence-electron chi connectivity index (χ3n) is 4.09. The van der Waals surface area contributed by atoms with Crippen LogP contribution >= 0.6 is 22.9 Å². The number of ether oxygens (including phenoxy) is 1. The van der Waals surface area contributed by atoms with E-state index in [1.165, 1.54) is 11.3 Å². The Morgan fingerprint density at radius 3 is 2.95 bits per heavy atom. The molecule has 0 unspecified atom stereocenters. The molecule has 1 fully saturated rings. The van der Waals surface area contributed by atoms with E-state index in [-0.39, 0.29) is 11.9 Å². The van der Waals surface area contributed by atoms with Gasteiger partial charge in [0.1, 0.15) is 15.8 Å². The maximum absolute atomic E-state index is 12.9. The van der Waals surface area contributed by atoms with Crippen LogP contribution in [0.25, 0.3) is 0 Å². The van der Waals surface area contributed by atoms with Crippen LogP contribution in [-0.4, -0.2) is 34.2 Å². The minimum atomic E-state index is -0.0134. The maximum atomic E-state index is 12.9. The zero-order valence-corrected chi connectivity index (χ0v) is 14.4. The van der Waals surface area contributed by atoms with Crippen LogP contribution in [0.1, 0.15) is 39.8 Å². The van der Waals surface area contributed by atoms with Crippen molar-refractivity contribution in [2.45, 2.75) is 25.8 Å². The fraction of sp³-hybridized carbons (Fsp3) is 0.467. The average Bonchev–Trinajstić information content (AvgIpc) is 3.19. The number of rotatable bonds is 3. The van der Waals surface area contributed by atoms with Gasteiger partial charge in [0.2, 0.25) is 0 Å². The van der Waals surface area contributed by atoms with Crippen LogP contribution < -0.4 is 4.74 Å². The van der Waals surface area contributed by atoms with E-state index in [2.05, 4.69) is 5.10 Å². The van der Waals surface area contributed by atoms with Gasteiger partial charge in [-0.3, -0.25) is 9.48 Å². The van der Waals surface area contributed by atoms with Crippen LogP contribution in [0.15, 0.2) is 11.4 Å². The molecule has 7 heteroatoms. The second kappa shape index (κ2) is 5.93. The molecule has 0 N–H and O–H groups in total. The van der Waals surface area contributed by atoms with Crippen LogP contribution in [0.5, 0.6) is 5.75 Å². The molecule has 2 aromatic heterocycles. The molecular formula is C15H18ClN3O2S. The second-order valence-electron chi connectivity index (χ2n) is 5.39. The molecular weight excluding hydrogens is 322 g/mol. The van der Waals surface area contributed by atoms with Gasteiger partial charge in [0, 0.05) is 19.2 Å². The molecule has 0 bridgehead atoms. The number of hydrogen-bond acceptors (Lipinski definition) is 4. The SMILES string of the molecule is COc1ccsc1C(=O)N1CCC[C@@H]1c1c(C)nn(C)c1Cl. The Hall–Kier alpha value is -1.53. The second-order valence-corrected chi connectivity index (χ2v) is 6.66. The maximum Gasteiger partial charge on any atom is 0.268 e. The van der Waals surface area contributed by atoms with E-state index >= 15 is 0 Å². The number of nitrogens with zero attached hydrogens (tertiary/aromatic N) is 3. The largest absolute Gasteiger partial charge is 0.495 e. The molecule has 1 amide bonds. The summed E-state index contributed by atoms with van der Waals surface area (Å²) in [6.07, 6.45) is 1.88. The van der Waals surface area contributed by atoms with Crippen molar-refractivity contribution in [2.75, 3.05) is 13.7 Å². The molecule has 3 rings (SSSR count). The Labute approximate surface area is 138 Å². The zero-order chi connectivity index (χ0) is 15.9. The molecule has 0 saturated carbocycles. The molecule has 5 nitrogen and oxygen atoms in total. The van der Waals surface area contributed by atoms with E-state index in [0.717, 1.165) is 30.6 Å². The highest BCUT2D eigenvalue weighted by Crippen LogP contribution is 2.39. The molecule has 22 heavy (non-hydrogen) atoms. The first-order chi connectivity index (χ1) is 10.5. The van der Waals surface area contributed by atoms with E-state index in [9.17, 15) is 4.79 Å². The highest BCUT2D eigenvalue weighted by atomic mass is 35.5. The summed E-state index contributed by atoms with van der Waals surface area (Å²) >= 11 is 7.80. The summed E-state index contributed by atoms with van der Waals surface area (Å²) in [4.78, 5) is 15.4. The van der Waals surface area contributed by atoms with Crippen molar-refractivity contribution in [2.24, 2.45) is 7.05 Å². The number of halogens is 1. The summed E-state index contributed by atoms with van der Waals surface area (Å²) in [7, 11) is 3.41. The minimum absolute atomic E-state index is 0.00803. The third-order valence-corrected chi connectivity index (χ3v) is 5.42. The lowest BCUT2D eigenvalue weighted by Crippen LogP contribution is -2.30. The number of thiophene rings is 1. The average molecular weight is 340 g/mol. The Kier molecular flexibility index (Phi) is 4.14. The fourth-order valence-electron chi connectivity index (χ4n) is 3.08. The van der Waals surface area contributed by atoms with Gasteiger partial charge in [0.15, 0.2) is 0 Å². The highest BCUT2D eigenvalue weighted by Gasteiger charge is 2.35. The van der Waals surface area contributed by atoms with E-state index in [1.807, 2.05) is 30.3 Å². The van der Waals surface area contributed by atoms with E-state index in [1.54, 1.807) is 11.8 Å². The van der Waals surface area contributed by atoms with Crippen LogP contribution in [0, 0.1) is 6.92 Å². The molecule has 1 aliphatic heterocycles. The van der Waals surface area contributed by atoms with Crippen molar-refractivity contribution < 1.29 is 9.53 Å². The van der Waals surface area contributed by atoms with Crippen LogP contribution in [-0.2, 0) is 7.05 Å². The topological polar surface area (TPSA) is 47.4 Å². The number of carbonyl (C=O) groups is 1. The van der Waals surface area contributed by atoms with Crippen molar-refractivity contribution in [1.82, 2.24) is 14.7 Å². The van der Waals surface area contributed by atoms with Gasteiger partial charge in [-0.1, -0.05) is 11.6 Å². The molecule has 3 heterocycles. The lowest BCUT2D eigenvalue weighted by atomic mass is 10.1. The molecule has 0 aliphatic carbocycles. The van der Waals surface area contributed by atoms with Crippen molar-refractivity contribution in [3.05, 3.63) is 32.7 Å². The van der Waals surface area contributed by atoms with Gasteiger partial charge in [0.25, 0.3) is 5.91 Å². The van der Waals surface area contributed by atoms with Gasteiger partial charge >= 0.3 is 0 Å². The van der Waals surface area contributed by atoms with E-state index in [0.29, 0.717) is 15.8 Å². The van der Waals surface area contributed by atoms with Crippen molar-refractivity contribution in [3.63, 3.8) is 0 Å². The monoisotopic (exact) mass is 339 g/mol. The summed E-state index contributed by atoms with van der Waals surface area (Å²) in [6, 6.07) is 1.81.